The molecule has 8 heteroatoms. The Balaban J connectivity index is 1.33. The van der Waals surface area contributed by atoms with Gasteiger partial charge in [-0.25, -0.2) is 0 Å². The van der Waals surface area contributed by atoms with Crippen LogP contribution in [0.2, 0.25) is 10.0 Å². The molecule has 0 bridgehead atoms. The van der Waals surface area contributed by atoms with Gasteiger partial charge in [0.05, 0.1) is 32.7 Å². The van der Waals surface area contributed by atoms with Crippen molar-refractivity contribution < 1.29 is 4.79 Å². The molecule has 0 unspecified atom stereocenters. The number of nitrogens with one attached hydrogen (secondary N) is 1. The summed E-state index contributed by atoms with van der Waals surface area (Å²) in [5.41, 5.74) is 4.55. The van der Waals surface area contributed by atoms with Gasteiger partial charge in [0.2, 0.25) is 0 Å². The number of rotatable bonds is 8. The van der Waals surface area contributed by atoms with E-state index in [-0.39, 0.29) is 5.91 Å². The molecule has 1 aliphatic rings. The third-order valence-corrected chi connectivity index (χ3v) is 7.15. The summed E-state index contributed by atoms with van der Waals surface area (Å²) in [6, 6.07) is 13.6. The minimum atomic E-state index is -0.0334. The van der Waals surface area contributed by atoms with Crippen LogP contribution in [0.5, 0.6) is 0 Å². The van der Waals surface area contributed by atoms with Crippen molar-refractivity contribution in [1.29, 1.82) is 0 Å². The van der Waals surface area contributed by atoms with Crippen molar-refractivity contribution in [2.24, 2.45) is 0 Å². The highest BCUT2D eigenvalue weighted by Gasteiger charge is 2.21. The summed E-state index contributed by atoms with van der Waals surface area (Å²) in [6.07, 6.45) is 2.77. The van der Waals surface area contributed by atoms with E-state index in [4.69, 9.17) is 23.2 Å². The van der Waals surface area contributed by atoms with Gasteiger partial charge in [-0.05, 0) is 43.7 Å². The van der Waals surface area contributed by atoms with E-state index in [0.29, 0.717) is 16.6 Å². The van der Waals surface area contributed by atoms with E-state index in [1.807, 2.05) is 49.4 Å². The second-order valence-electron chi connectivity index (χ2n) is 8.55. The van der Waals surface area contributed by atoms with Crippen LogP contribution in [0.1, 0.15) is 29.4 Å². The lowest BCUT2D eigenvalue weighted by molar-refractivity contribution is 0.0947. The van der Waals surface area contributed by atoms with Gasteiger partial charge < -0.3 is 14.8 Å². The number of amides is 1. The number of benzene rings is 1. The fraction of sp³-hybridized carbons (Fsp3) is 0.385. The summed E-state index contributed by atoms with van der Waals surface area (Å²) < 4.78 is 2.19. The Labute approximate surface area is 211 Å². The standard InChI is InChI=1S/C26H31Cl2N5O/c1-3-12-33-19(2)20(18-24(33)22-8-4-5-10-29-22)26(34)30-11-13-31-14-16-32(17-15-31)23-9-6-7-21(27)25(23)28/h4-10,18H,3,11-17H2,1-2H3,(H,30,34). The van der Waals surface area contributed by atoms with Crippen molar-refractivity contribution in [2.45, 2.75) is 26.8 Å². The number of halogens is 2. The molecule has 0 saturated carbocycles. The highest BCUT2D eigenvalue weighted by atomic mass is 35.5. The van der Waals surface area contributed by atoms with Crippen LogP contribution in [0.25, 0.3) is 11.4 Å². The van der Waals surface area contributed by atoms with Crippen molar-refractivity contribution in [1.82, 2.24) is 19.8 Å². The highest BCUT2D eigenvalue weighted by Crippen LogP contribution is 2.32. The first-order chi connectivity index (χ1) is 16.5. The lowest BCUT2D eigenvalue weighted by Gasteiger charge is -2.36. The molecule has 1 N–H and O–H groups in total. The molecule has 180 valence electrons. The van der Waals surface area contributed by atoms with Gasteiger partial charge in [0.25, 0.3) is 5.91 Å². The largest absolute Gasteiger partial charge is 0.368 e. The molecule has 1 fully saturated rings. The number of carbonyl (C=O) groups is 1. The molecule has 34 heavy (non-hydrogen) atoms. The van der Waals surface area contributed by atoms with E-state index >= 15 is 0 Å². The summed E-state index contributed by atoms with van der Waals surface area (Å²) in [6.45, 7) is 9.99. The minimum Gasteiger partial charge on any atom is -0.368 e. The fourth-order valence-corrected chi connectivity index (χ4v) is 4.90. The van der Waals surface area contributed by atoms with Crippen LogP contribution in [0, 0.1) is 6.92 Å². The second-order valence-corrected chi connectivity index (χ2v) is 9.34. The van der Waals surface area contributed by atoms with Gasteiger partial charge in [-0.1, -0.05) is 42.3 Å². The summed E-state index contributed by atoms with van der Waals surface area (Å²) in [5, 5.41) is 4.31. The fourth-order valence-electron chi connectivity index (χ4n) is 4.49. The zero-order chi connectivity index (χ0) is 24.1. The molecule has 0 atom stereocenters. The Morgan fingerprint density at radius 3 is 2.56 bits per heavy atom. The first-order valence-corrected chi connectivity index (χ1v) is 12.6. The molecule has 3 aromatic rings. The van der Waals surface area contributed by atoms with Crippen molar-refractivity contribution in [3.05, 3.63) is 70.0 Å². The summed E-state index contributed by atoms with van der Waals surface area (Å²) in [4.78, 5) is 22.1. The van der Waals surface area contributed by atoms with Crippen LogP contribution in [0.4, 0.5) is 5.69 Å². The van der Waals surface area contributed by atoms with Crippen LogP contribution in [-0.2, 0) is 6.54 Å². The van der Waals surface area contributed by atoms with Crippen LogP contribution >= 0.6 is 23.2 Å². The number of carbonyl (C=O) groups excluding carboxylic acids is 1. The lowest BCUT2D eigenvalue weighted by atomic mass is 10.2. The van der Waals surface area contributed by atoms with Crippen LogP contribution in [0.3, 0.4) is 0 Å². The van der Waals surface area contributed by atoms with Crippen molar-refractivity contribution >= 4 is 34.8 Å². The number of piperazine rings is 1. The third-order valence-electron chi connectivity index (χ3n) is 6.34. The van der Waals surface area contributed by atoms with E-state index in [9.17, 15) is 4.79 Å². The quantitative estimate of drug-likeness (QED) is 0.466. The SMILES string of the molecule is CCCn1c(-c2ccccn2)cc(C(=O)NCCN2CCN(c3cccc(Cl)c3Cl)CC2)c1C. The van der Waals surface area contributed by atoms with E-state index in [0.717, 1.165) is 74.0 Å². The number of anilines is 1. The molecular formula is C26H31Cl2N5O. The highest BCUT2D eigenvalue weighted by molar-refractivity contribution is 6.43. The first-order valence-electron chi connectivity index (χ1n) is 11.8. The molecule has 1 aliphatic heterocycles. The Bertz CT molecular complexity index is 1120. The molecule has 0 radical (unpaired) electrons. The average molecular weight is 500 g/mol. The Morgan fingerprint density at radius 2 is 1.85 bits per heavy atom. The zero-order valence-corrected chi connectivity index (χ0v) is 21.2. The number of hydrogen-bond donors (Lipinski definition) is 1. The second kappa shape index (κ2) is 11.3. The molecule has 1 amide bonds. The van der Waals surface area contributed by atoms with Gasteiger partial charge in [-0.15, -0.1) is 0 Å². The maximum Gasteiger partial charge on any atom is 0.253 e. The number of aromatic nitrogens is 2. The van der Waals surface area contributed by atoms with Gasteiger partial charge in [-0.3, -0.25) is 14.7 Å². The van der Waals surface area contributed by atoms with Crippen molar-refractivity contribution in [3.8, 4) is 11.4 Å². The number of nitrogens with zero attached hydrogens (tertiary/aromatic N) is 4. The van der Waals surface area contributed by atoms with Gasteiger partial charge in [0, 0.05) is 57.7 Å². The predicted octanol–water partition coefficient (Wildman–Crippen LogP) is 5.13. The smallest absolute Gasteiger partial charge is 0.253 e. The molecule has 2 aromatic heterocycles. The first kappa shape index (κ1) is 24.6. The average Bonchev–Trinajstić information content (AvgIpc) is 3.18. The van der Waals surface area contributed by atoms with Crippen LogP contribution in [0.15, 0.2) is 48.7 Å². The zero-order valence-electron chi connectivity index (χ0n) is 19.7. The molecule has 0 aliphatic carbocycles. The molecule has 4 rings (SSSR count). The van der Waals surface area contributed by atoms with Crippen LogP contribution in [-0.4, -0.2) is 59.6 Å². The van der Waals surface area contributed by atoms with Gasteiger partial charge >= 0.3 is 0 Å². The lowest BCUT2D eigenvalue weighted by Crippen LogP contribution is -2.48. The third kappa shape index (κ3) is 5.40. The Morgan fingerprint density at radius 1 is 1.06 bits per heavy atom. The molecule has 3 heterocycles. The summed E-state index contributed by atoms with van der Waals surface area (Å²) >= 11 is 12.6. The number of pyridine rings is 1. The van der Waals surface area contributed by atoms with E-state index in [1.165, 1.54) is 0 Å². The topological polar surface area (TPSA) is 53.4 Å². The normalized spacial score (nSPS) is 14.4. The van der Waals surface area contributed by atoms with Crippen molar-refractivity contribution in [3.63, 3.8) is 0 Å². The number of hydrogen-bond acceptors (Lipinski definition) is 4. The van der Waals surface area contributed by atoms with E-state index in [2.05, 4.69) is 31.6 Å². The Hall–Kier alpha value is -2.54. The van der Waals surface area contributed by atoms with Crippen LogP contribution < -0.4 is 10.2 Å². The van der Waals surface area contributed by atoms with E-state index in [1.54, 1.807) is 6.20 Å². The maximum atomic E-state index is 13.0. The maximum absolute atomic E-state index is 13.0. The minimum absolute atomic E-state index is 0.0334. The van der Waals surface area contributed by atoms with Gasteiger partial charge in [0.15, 0.2) is 0 Å². The molecule has 0 spiro atoms. The Kier molecular flexibility index (Phi) is 8.14. The van der Waals surface area contributed by atoms with E-state index < -0.39 is 0 Å². The summed E-state index contributed by atoms with van der Waals surface area (Å²) in [7, 11) is 0. The monoisotopic (exact) mass is 499 g/mol. The van der Waals surface area contributed by atoms with Gasteiger partial charge in [0.1, 0.15) is 0 Å². The summed E-state index contributed by atoms with van der Waals surface area (Å²) in [5.74, 6) is -0.0334. The van der Waals surface area contributed by atoms with Gasteiger partial charge in [-0.2, -0.15) is 0 Å². The van der Waals surface area contributed by atoms with Crippen molar-refractivity contribution in [2.75, 3.05) is 44.2 Å². The predicted molar refractivity (Wildman–Crippen MR) is 140 cm³/mol. The molecule has 1 aromatic carbocycles. The molecule has 1 saturated heterocycles. The molecule has 6 nitrogen and oxygen atoms in total. The molecular weight excluding hydrogens is 469 g/mol.